The number of aromatic amines is 1. The van der Waals surface area contributed by atoms with Crippen molar-refractivity contribution < 1.29 is 8.42 Å². The molecule has 0 unspecified atom stereocenters. The van der Waals surface area contributed by atoms with Crippen molar-refractivity contribution in [1.82, 2.24) is 9.55 Å². The number of nitrogens with zero attached hydrogens (tertiary/aromatic N) is 1. The van der Waals surface area contributed by atoms with Crippen LogP contribution in [0.2, 0.25) is 0 Å². The quantitative estimate of drug-likeness (QED) is 0.877. The van der Waals surface area contributed by atoms with Gasteiger partial charge < -0.3 is 9.55 Å². The first-order chi connectivity index (χ1) is 8.37. The van der Waals surface area contributed by atoms with Crippen molar-refractivity contribution >= 4 is 33.1 Å². The van der Waals surface area contributed by atoms with Gasteiger partial charge in [-0.05, 0) is 43.3 Å². The number of imidazole rings is 1. The molecule has 0 amide bonds. The monoisotopic (exact) mass is 284 g/mol. The minimum atomic E-state index is -2.91. The molecule has 0 radical (unpaired) electrons. The summed E-state index contributed by atoms with van der Waals surface area (Å²) in [7, 11) is -2.91. The second-order valence-electron chi connectivity index (χ2n) is 4.59. The molecule has 0 atom stereocenters. The van der Waals surface area contributed by atoms with Crippen LogP contribution in [0.3, 0.4) is 0 Å². The molecule has 4 nitrogen and oxygen atoms in total. The number of hydrogen-bond donors (Lipinski definition) is 1. The molecular formula is C12H16N2O2S2. The zero-order valence-electron chi connectivity index (χ0n) is 10.4. The van der Waals surface area contributed by atoms with E-state index >= 15 is 0 Å². The molecule has 1 aromatic carbocycles. The van der Waals surface area contributed by atoms with E-state index < -0.39 is 9.84 Å². The van der Waals surface area contributed by atoms with Crippen LogP contribution in [-0.4, -0.2) is 30.0 Å². The molecule has 1 N–H and O–H groups in total. The van der Waals surface area contributed by atoms with Crippen molar-refractivity contribution in [3.8, 4) is 0 Å². The summed E-state index contributed by atoms with van der Waals surface area (Å²) in [5.41, 5.74) is 3.19. The Morgan fingerprint density at radius 3 is 2.78 bits per heavy atom. The Hall–Kier alpha value is -1.14. The van der Waals surface area contributed by atoms with E-state index in [-0.39, 0.29) is 5.75 Å². The summed E-state index contributed by atoms with van der Waals surface area (Å²) in [6.07, 6.45) is 1.83. The fourth-order valence-electron chi connectivity index (χ4n) is 1.98. The number of aromatic nitrogens is 2. The van der Waals surface area contributed by atoms with Crippen LogP contribution in [0, 0.1) is 11.7 Å². The second kappa shape index (κ2) is 4.85. The summed E-state index contributed by atoms with van der Waals surface area (Å²) in [4.78, 5) is 3.14. The fourth-order valence-corrected chi connectivity index (χ4v) is 2.94. The Balaban J connectivity index is 2.28. The van der Waals surface area contributed by atoms with E-state index in [1.165, 1.54) is 11.8 Å². The standard InChI is InChI=1S/C12H16N2O2S2/c1-9-4-5-11-10(8-9)13-12(17)14(11)6-3-7-18(2,15)16/h4-5,8H,3,6-7H2,1-2H3,(H,13,17). The zero-order valence-corrected chi connectivity index (χ0v) is 12.1. The minimum absolute atomic E-state index is 0.188. The maximum absolute atomic E-state index is 11.1. The van der Waals surface area contributed by atoms with E-state index in [1.54, 1.807) is 0 Å². The van der Waals surface area contributed by atoms with E-state index in [4.69, 9.17) is 12.2 Å². The van der Waals surface area contributed by atoms with E-state index in [0.717, 1.165) is 11.0 Å². The summed E-state index contributed by atoms with van der Waals surface area (Å²) in [6, 6.07) is 6.08. The largest absolute Gasteiger partial charge is 0.331 e. The lowest BCUT2D eigenvalue weighted by Crippen LogP contribution is -2.07. The van der Waals surface area contributed by atoms with Crippen LogP contribution in [0.25, 0.3) is 11.0 Å². The molecular weight excluding hydrogens is 268 g/mol. The predicted molar refractivity (Wildman–Crippen MR) is 76.2 cm³/mol. The third kappa shape index (κ3) is 3.00. The van der Waals surface area contributed by atoms with Gasteiger partial charge in [0.1, 0.15) is 9.84 Å². The van der Waals surface area contributed by atoms with Gasteiger partial charge in [0.05, 0.1) is 16.8 Å². The molecule has 0 aliphatic heterocycles. The molecule has 18 heavy (non-hydrogen) atoms. The topological polar surface area (TPSA) is 54.9 Å². The van der Waals surface area contributed by atoms with Crippen LogP contribution in [0.4, 0.5) is 0 Å². The van der Waals surface area contributed by atoms with Gasteiger partial charge in [0, 0.05) is 12.8 Å². The lowest BCUT2D eigenvalue weighted by Gasteiger charge is -2.04. The van der Waals surface area contributed by atoms with Crippen molar-refractivity contribution in [2.75, 3.05) is 12.0 Å². The van der Waals surface area contributed by atoms with Crippen molar-refractivity contribution in [1.29, 1.82) is 0 Å². The SMILES string of the molecule is Cc1ccc2c(c1)[nH]c(=S)n2CCCS(C)(=O)=O. The third-order valence-electron chi connectivity index (χ3n) is 2.83. The number of sulfone groups is 1. The molecule has 1 heterocycles. The van der Waals surface area contributed by atoms with Gasteiger partial charge in [-0.3, -0.25) is 0 Å². The highest BCUT2D eigenvalue weighted by atomic mass is 32.2. The van der Waals surface area contributed by atoms with E-state index in [1.807, 2.05) is 29.7 Å². The van der Waals surface area contributed by atoms with Gasteiger partial charge in [0.2, 0.25) is 0 Å². The molecule has 0 spiro atoms. The molecule has 0 saturated carbocycles. The number of rotatable bonds is 4. The summed E-state index contributed by atoms with van der Waals surface area (Å²) in [5.74, 6) is 0.188. The molecule has 6 heteroatoms. The molecule has 2 aromatic rings. The second-order valence-corrected chi connectivity index (χ2v) is 7.23. The highest BCUT2D eigenvalue weighted by molar-refractivity contribution is 7.90. The van der Waals surface area contributed by atoms with Crippen molar-refractivity contribution in [2.45, 2.75) is 19.9 Å². The first-order valence-corrected chi connectivity index (χ1v) is 8.20. The van der Waals surface area contributed by atoms with Crippen LogP contribution >= 0.6 is 12.2 Å². The zero-order chi connectivity index (χ0) is 13.3. The van der Waals surface area contributed by atoms with Gasteiger partial charge in [-0.15, -0.1) is 0 Å². The Morgan fingerprint density at radius 2 is 2.11 bits per heavy atom. The van der Waals surface area contributed by atoms with Crippen LogP contribution in [-0.2, 0) is 16.4 Å². The van der Waals surface area contributed by atoms with E-state index in [9.17, 15) is 8.42 Å². The fraction of sp³-hybridized carbons (Fsp3) is 0.417. The molecule has 0 bridgehead atoms. The average Bonchev–Trinajstić information content (AvgIpc) is 2.52. The summed E-state index contributed by atoms with van der Waals surface area (Å²) in [6.45, 7) is 2.65. The first kappa shape index (κ1) is 13.3. The van der Waals surface area contributed by atoms with Crippen molar-refractivity contribution in [3.63, 3.8) is 0 Å². The lowest BCUT2D eigenvalue weighted by molar-refractivity contribution is 0.592. The van der Waals surface area contributed by atoms with Gasteiger partial charge in [-0.25, -0.2) is 8.42 Å². The predicted octanol–water partition coefficient (Wildman–Crippen LogP) is 2.44. The number of H-pyrrole nitrogens is 1. The molecule has 0 aliphatic carbocycles. The van der Waals surface area contributed by atoms with Gasteiger partial charge in [0.25, 0.3) is 0 Å². The maximum atomic E-state index is 11.1. The van der Waals surface area contributed by atoms with Crippen molar-refractivity contribution in [2.24, 2.45) is 0 Å². The third-order valence-corrected chi connectivity index (χ3v) is 4.18. The maximum Gasteiger partial charge on any atom is 0.178 e. The lowest BCUT2D eigenvalue weighted by atomic mass is 10.2. The molecule has 0 fully saturated rings. The molecule has 1 aromatic heterocycles. The van der Waals surface area contributed by atoms with Crippen LogP contribution in [0.1, 0.15) is 12.0 Å². The van der Waals surface area contributed by atoms with E-state index in [2.05, 4.69) is 4.98 Å². The number of fused-ring (bicyclic) bond motifs is 1. The Labute approximate surface area is 112 Å². The van der Waals surface area contributed by atoms with Gasteiger partial charge in [-0.1, -0.05) is 6.07 Å². The van der Waals surface area contributed by atoms with Crippen molar-refractivity contribution in [3.05, 3.63) is 28.5 Å². The van der Waals surface area contributed by atoms with Gasteiger partial charge in [0.15, 0.2) is 4.77 Å². The normalized spacial score (nSPS) is 12.1. The Morgan fingerprint density at radius 1 is 1.39 bits per heavy atom. The molecule has 2 rings (SSSR count). The Kier molecular flexibility index (Phi) is 3.59. The molecule has 0 saturated heterocycles. The first-order valence-electron chi connectivity index (χ1n) is 5.74. The highest BCUT2D eigenvalue weighted by Gasteiger charge is 2.06. The smallest absolute Gasteiger partial charge is 0.178 e. The van der Waals surface area contributed by atoms with Gasteiger partial charge in [-0.2, -0.15) is 0 Å². The average molecular weight is 284 g/mol. The van der Waals surface area contributed by atoms with Crippen LogP contribution in [0.5, 0.6) is 0 Å². The molecule has 98 valence electrons. The molecule has 0 aliphatic rings. The Bertz CT molecular complexity index is 726. The highest BCUT2D eigenvalue weighted by Crippen LogP contribution is 2.16. The van der Waals surface area contributed by atoms with Crippen LogP contribution < -0.4 is 0 Å². The van der Waals surface area contributed by atoms with E-state index in [0.29, 0.717) is 17.7 Å². The van der Waals surface area contributed by atoms with Gasteiger partial charge >= 0.3 is 0 Å². The summed E-state index contributed by atoms with van der Waals surface area (Å²) >= 11 is 5.26. The minimum Gasteiger partial charge on any atom is -0.331 e. The number of nitrogens with one attached hydrogen (secondary N) is 1. The summed E-state index contributed by atoms with van der Waals surface area (Å²) < 4.78 is 24.8. The number of benzene rings is 1. The number of aryl methyl sites for hydroxylation is 2. The summed E-state index contributed by atoms with van der Waals surface area (Å²) in [5, 5.41) is 0. The number of hydrogen-bond acceptors (Lipinski definition) is 3. The van der Waals surface area contributed by atoms with Crippen LogP contribution in [0.15, 0.2) is 18.2 Å².